The maximum absolute atomic E-state index is 12.0. The van der Waals surface area contributed by atoms with Crippen molar-refractivity contribution in [1.29, 1.82) is 0 Å². The van der Waals surface area contributed by atoms with E-state index >= 15 is 0 Å². The summed E-state index contributed by atoms with van der Waals surface area (Å²) in [6.45, 7) is 4.61. The van der Waals surface area contributed by atoms with E-state index in [4.69, 9.17) is 0 Å². The zero-order chi connectivity index (χ0) is 12.3. The Hall–Kier alpha value is -0.870. The number of hydrogen-bond donors (Lipinski definition) is 1. The standard InChI is InChI=1S/C13H17BrN2O/c1-10-9-11(3-4-12(10)14)16-8-2-6-15-7-5-13(16)17/h3-4,9,15H,2,5-8H2,1H3. The molecule has 1 aromatic carbocycles. The Morgan fingerprint density at radius 1 is 1.35 bits per heavy atom. The molecule has 1 aliphatic rings. The highest BCUT2D eigenvalue weighted by molar-refractivity contribution is 9.10. The van der Waals surface area contributed by atoms with Gasteiger partial charge in [0.2, 0.25) is 5.91 Å². The molecule has 1 amide bonds. The molecule has 92 valence electrons. The predicted octanol–water partition coefficient (Wildman–Crippen LogP) is 2.47. The second-order valence-corrected chi connectivity index (χ2v) is 5.19. The summed E-state index contributed by atoms with van der Waals surface area (Å²) in [5, 5.41) is 3.26. The first-order valence-corrected chi connectivity index (χ1v) is 6.75. The molecule has 0 saturated carbocycles. The van der Waals surface area contributed by atoms with E-state index in [0.29, 0.717) is 6.42 Å². The Bertz CT molecular complexity index is 420. The van der Waals surface area contributed by atoms with Gasteiger partial charge >= 0.3 is 0 Å². The fourth-order valence-corrected chi connectivity index (χ4v) is 2.26. The smallest absolute Gasteiger partial charge is 0.228 e. The highest BCUT2D eigenvalue weighted by atomic mass is 79.9. The van der Waals surface area contributed by atoms with Gasteiger partial charge in [-0.15, -0.1) is 0 Å². The second kappa shape index (κ2) is 5.65. The lowest BCUT2D eigenvalue weighted by Crippen LogP contribution is -2.38. The minimum absolute atomic E-state index is 0.207. The van der Waals surface area contributed by atoms with Gasteiger partial charge in [0.25, 0.3) is 0 Å². The van der Waals surface area contributed by atoms with E-state index in [9.17, 15) is 4.79 Å². The van der Waals surface area contributed by atoms with Crippen molar-refractivity contribution in [1.82, 2.24) is 5.32 Å². The van der Waals surface area contributed by atoms with Crippen molar-refractivity contribution < 1.29 is 4.79 Å². The van der Waals surface area contributed by atoms with Crippen LogP contribution in [0, 0.1) is 6.92 Å². The van der Waals surface area contributed by atoms with Crippen LogP contribution in [0.3, 0.4) is 0 Å². The van der Waals surface area contributed by atoms with Gasteiger partial charge in [-0.25, -0.2) is 0 Å². The number of carbonyl (C=O) groups excluding carboxylic acids is 1. The number of nitrogens with zero attached hydrogens (tertiary/aromatic N) is 1. The second-order valence-electron chi connectivity index (χ2n) is 4.33. The van der Waals surface area contributed by atoms with Gasteiger partial charge in [-0.05, 0) is 43.7 Å². The Labute approximate surface area is 110 Å². The minimum Gasteiger partial charge on any atom is -0.316 e. The summed E-state index contributed by atoms with van der Waals surface area (Å²) in [4.78, 5) is 13.9. The van der Waals surface area contributed by atoms with E-state index in [0.717, 1.165) is 41.8 Å². The van der Waals surface area contributed by atoms with Crippen LogP contribution in [-0.4, -0.2) is 25.5 Å². The van der Waals surface area contributed by atoms with E-state index in [1.807, 2.05) is 24.0 Å². The molecule has 17 heavy (non-hydrogen) atoms. The number of aryl methyl sites for hydroxylation is 1. The molecule has 0 aliphatic carbocycles. The van der Waals surface area contributed by atoms with Crippen LogP contribution in [0.4, 0.5) is 5.69 Å². The van der Waals surface area contributed by atoms with Crippen molar-refractivity contribution in [3.05, 3.63) is 28.2 Å². The van der Waals surface area contributed by atoms with Gasteiger partial charge in [0.1, 0.15) is 0 Å². The van der Waals surface area contributed by atoms with Crippen molar-refractivity contribution in [3.8, 4) is 0 Å². The molecule has 1 heterocycles. The summed E-state index contributed by atoms with van der Waals surface area (Å²) in [5.74, 6) is 0.207. The molecule has 2 rings (SSSR count). The van der Waals surface area contributed by atoms with Crippen LogP contribution in [0.1, 0.15) is 18.4 Å². The van der Waals surface area contributed by atoms with E-state index < -0.39 is 0 Å². The van der Waals surface area contributed by atoms with Crippen molar-refractivity contribution in [3.63, 3.8) is 0 Å². The van der Waals surface area contributed by atoms with Gasteiger partial charge in [-0.2, -0.15) is 0 Å². The van der Waals surface area contributed by atoms with Gasteiger partial charge in [0.05, 0.1) is 0 Å². The predicted molar refractivity (Wildman–Crippen MR) is 73.3 cm³/mol. The molecule has 0 atom stereocenters. The van der Waals surface area contributed by atoms with Crippen LogP contribution in [-0.2, 0) is 4.79 Å². The maximum atomic E-state index is 12.0. The lowest BCUT2D eigenvalue weighted by atomic mass is 10.1. The Morgan fingerprint density at radius 2 is 2.18 bits per heavy atom. The highest BCUT2D eigenvalue weighted by Gasteiger charge is 2.17. The summed E-state index contributed by atoms with van der Waals surface area (Å²) in [6.07, 6.45) is 1.58. The number of rotatable bonds is 1. The third-order valence-corrected chi connectivity index (χ3v) is 3.89. The number of nitrogens with one attached hydrogen (secondary N) is 1. The van der Waals surface area contributed by atoms with E-state index in [-0.39, 0.29) is 5.91 Å². The summed E-state index contributed by atoms with van der Waals surface area (Å²) >= 11 is 3.48. The molecule has 3 nitrogen and oxygen atoms in total. The maximum Gasteiger partial charge on any atom is 0.228 e. The van der Waals surface area contributed by atoms with Crippen LogP contribution in [0.2, 0.25) is 0 Å². The number of amides is 1. The summed E-state index contributed by atoms with van der Waals surface area (Å²) in [6, 6.07) is 6.08. The van der Waals surface area contributed by atoms with Gasteiger partial charge in [-0.3, -0.25) is 4.79 Å². The molecule has 0 radical (unpaired) electrons. The highest BCUT2D eigenvalue weighted by Crippen LogP contribution is 2.23. The molecule has 1 aromatic rings. The first-order valence-electron chi connectivity index (χ1n) is 5.96. The number of halogens is 1. The number of hydrogen-bond acceptors (Lipinski definition) is 2. The van der Waals surface area contributed by atoms with Gasteiger partial charge in [0.15, 0.2) is 0 Å². The van der Waals surface area contributed by atoms with Gasteiger partial charge in [0, 0.05) is 29.7 Å². The third-order valence-electron chi connectivity index (χ3n) is 3.01. The van der Waals surface area contributed by atoms with Crippen LogP contribution in [0.25, 0.3) is 0 Å². The van der Waals surface area contributed by atoms with Crippen LogP contribution in [0.5, 0.6) is 0 Å². The van der Waals surface area contributed by atoms with Crippen molar-refractivity contribution >= 4 is 27.5 Å². The average Bonchev–Trinajstić information content (AvgIpc) is 2.28. The van der Waals surface area contributed by atoms with E-state index in [1.54, 1.807) is 0 Å². The Balaban J connectivity index is 2.22. The van der Waals surface area contributed by atoms with Crippen molar-refractivity contribution in [2.75, 3.05) is 24.5 Å². The zero-order valence-electron chi connectivity index (χ0n) is 10.0. The fraction of sp³-hybridized carbons (Fsp3) is 0.462. The van der Waals surface area contributed by atoms with Gasteiger partial charge in [-0.1, -0.05) is 15.9 Å². The molecule has 1 aliphatic heterocycles. The molecule has 1 fully saturated rings. The number of anilines is 1. The quantitative estimate of drug-likeness (QED) is 0.863. The SMILES string of the molecule is Cc1cc(N2CCCNCCC2=O)ccc1Br. The number of benzene rings is 1. The first kappa shape index (κ1) is 12.6. The minimum atomic E-state index is 0.207. The van der Waals surface area contributed by atoms with E-state index in [2.05, 4.69) is 27.3 Å². The van der Waals surface area contributed by atoms with Gasteiger partial charge < -0.3 is 10.2 Å². The molecular weight excluding hydrogens is 280 g/mol. The summed E-state index contributed by atoms with van der Waals surface area (Å²) < 4.78 is 1.09. The normalized spacial score (nSPS) is 17.8. The summed E-state index contributed by atoms with van der Waals surface area (Å²) in [5.41, 5.74) is 2.17. The largest absolute Gasteiger partial charge is 0.316 e. The topological polar surface area (TPSA) is 32.3 Å². The third kappa shape index (κ3) is 3.07. The lowest BCUT2D eigenvalue weighted by Gasteiger charge is -2.25. The molecular formula is C13H17BrN2O. The van der Waals surface area contributed by atoms with Crippen LogP contribution < -0.4 is 10.2 Å². The Morgan fingerprint density at radius 3 is 2.94 bits per heavy atom. The summed E-state index contributed by atoms with van der Waals surface area (Å²) in [7, 11) is 0. The molecule has 1 N–H and O–H groups in total. The average molecular weight is 297 g/mol. The molecule has 0 bridgehead atoms. The van der Waals surface area contributed by atoms with Crippen molar-refractivity contribution in [2.24, 2.45) is 0 Å². The fourth-order valence-electron chi connectivity index (χ4n) is 2.01. The molecule has 0 aromatic heterocycles. The zero-order valence-corrected chi connectivity index (χ0v) is 11.6. The Kier molecular flexibility index (Phi) is 4.18. The molecule has 0 unspecified atom stereocenters. The molecule has 4 heteroatoms. The lowest BCUT2D eigenvalue weighted by molar-refractivity contribution is -0.118. The van der Waals surface area contributed by atoms with E-state index in [1.165, 1.54) is 0 Å². The van der Waals surface area contributed by atoms with Crippen LogP contribution >= 0.6 is 15.9 Å². The number of carbonyl (C=O) groups is 1. The van der Waals surface area contributed by atoms with Crippen molar-refractivity contribution in [2.45, 2.75) is 19.8 Å². The monoisotopic (exact) mass is 296 g/mol. The molecule has 0 spiro atoms. The van der Waals surface area contributed by atoms with Crippen LogP contribution in [0.15, 0.2) is 22.7 Å². The molecule has 1 saturated heterocycles. The first-order chi connectivity index (χ1) is 8.18.